The molecule has 1 fully saturated rings. The van der Waals surface area contributed by atoms with E-state index in [4.69, 9.17) is 15.2 Å². The molecule has 0 atom stereocenters. The second kappa shape index (κ2) is 13.9. The molecule has 0 aromatic rings. The summed E-state index contributed by atoms with van der Waals surface area (Å²) in [4.78, 5) is 4.26. The van der Waals surface area contributed by atoms with Gasteiger partial charge in [-0.25, -0.2) is 0 Å². The topological polar surface area (TPSA) is 68.9 Å². The maximum atomic E-state index is 5.73. The molecule has 0 bridgehead atoms. The third kappa shape index (κ3) is 10.7. The zero-order valence-corrected chi connectivity index (χ0v) is 14.9. The molecule has 5 nitrogen and oxygen atoms in total. The molecule has 3 N–H and O–H groups in total. The lowest BCUT2D eigenvalue weighted by Crippen LogP contribution is -2.32. The molecular weight excluding hydrogens is 369 g/mol. The van der Waals surface area contributed by atoms with Crippen LogP contribution in [-0.4, -0.2) is 45.5 Å². The largest absolute Gasteiger partial charge is 0.381 e. The standard InChI is InChI=1S/C14H29N3O2.HI/c1-2-3-7-16-14(15)17-8-4-9-19-12-13-5-10-18-11-6-13;/h13H,2-12H2,1H3,(H3,15,16,17);1H. The predicted octanol–water partition coefficient (Wildman–Crippen LogP) is 2.14. The molecule has 0 saturated carbocycles. The number of ether oxygens (including phenoxy) is 2. The number of guanidine groups is 1. The van der Waals surface area contributed by atoms with Crippen LogP contribution in [0.3, 0.4) is 0 Å². The first kappa shape index (κ1) is 19.9. The molecule has 0 spiro atoms. The van der Waals surface area contributed by atoms with E-state index in [1.165, 1.54) is 6.42 Å². The number of aliphatic imine (C=N–C) groups is 1. The van der Waals surface area contributed by atoms with E-state index in [1.807, 2.05) is 0 Å². The second-order valence-corrected chi connectivity index (χ2v) is 5.03. The minimum Gasteiger partial charge on any atom is -0.381 e. The Kier molecular flexibility index (Phi) is 13.8. The Hall–Kier alpha value is -0.0800. The van der Waals surface area contributed by atoms with Gasteiger partial charge in [0.15, 0.2) is 5.96 Å². The number of hydrogen-bond donors (Lipinski definition) is 2. The molecule has 1 aliphatic heterocycles. The highest BCUT2D eigenvalue weighted by Crippen LogP contribution is 2.14. The van der Waals surface area contributed by atoms with E-state index in [2.05, 4.69) is 17.2 Å². The Balaban J connectivity index is 0.00000361. The summed E-state index contributed by atoms with van der Waals surface area (Å²) in [5.41, 5.74) is 5.73. The van der Waals surface area contributed by atoms with E-state index >= 15 is 0 Å². The first-order chi connectivity index (χ1) is 9.33. The highest BCUT2D eigenvalue weighted by molar-refractivity contribution is 14.0. The van der Waals surface area contributed by atoms with Crippen LogP contribution in [0, 0.1) is 5.92 Å². The molecule has 0 aromatic heterocycles. The summed E-state index contributed by atoms with van der Waals surface area (Å²) in [5.74, 6) is 1.23. The van der Waals surface area contributed by atoms with Crippen LogP contribution in [0.25, 0.3) is 0 Å². The third-order valence-electron chi connectivity index (χ3n) is 3.26. The van der Waals surface area contributed by atoms with Gasteiger partial charge in [0.25, 0.3) is 0 Å². The summed E-state index contributed by atoms with van der Waals surface area (Å²) in [6, 6.07) is 0. The highest BCUT2D eigenvalue weighted by Gasteiger charge is 2.13. The smallest absolute Gasteiger partial charge is 0.188 e. The minimum absolute atomic E-state index is 0. The van der Waals surface area contributed by atoms with Crippen LogP contribution < -0.4 is 11.1 Å². The Morgan fingerprint density at radius 3 is 2.80 bits per heavy atom. The van der Waals surface area contributed by atoms with E-state index in [1.54, 1.807) is 0 Å². The zero-order valence-electron chi connectivity index (χ0n) is 12.6. The number of unbranched alkanes of at least 4 members (excludes halogenated alkanes) is 1. The van der Waals surface area contributed by atoms with Gasteiger partial charge in [0.1, 0.15) is 0 Å². The van der Waals surface area contributed by atoms with E-state index < -0.39 is 0 Å². The third-order valence-corrected chi connectivity index (χ3v) is 3.26. The van der Waals surface area contributed by atoms with Gasteiger partial charge in [-0.1, -0.05) is 13.3 Å². The first-order valence-electron chi connectivity index (χ1n) is 7.52. The summed E-state index contributed by atoms with van der Waals surface area (Å²) in [6.07, 6.45) is 5.49. The van der Waals surface area contributed by atoms with Crippen LogP contribution >= 0.6 is 24.0 Å². The summed E-state index contributed by atoms with van der Waals surface area (Å²) in [7, 11) is 0. The van der Waals surface area contributed by atoms with Gasteiger partial charge in [-0.3, -0.25) is 4.99 Å². The Morgan fingerprint density at radius 2 is 2.10 bits per heavy atom. The molecule has 120 valence electrons. The van der Waals surface area contributed by atoms with Crippen molar-refractivity contribution < 1.29 is 9.47 Å². The number of nitrogens with two attached hydrogens (primary N) is 1. The zero-order chi connectivity index (χ0) is 13.8. The van der Waals surface area contributed by atoms with E-state index in [0.29, 0.717) is 11.9 Å². The fraction of sp³-hybridized carbons (Fsp3) is 0.929. The van der Waals surface area contributed by atoms with Crippen LogP contribution in [-0.2, 0) is 9.47 Å². The van der Waals surface area contributed by atoms with E-state index in [0.717, 1.165) is 65.2 Å². The molecule has 0 aromatic carbocycles. The summed E-state index contributed by atoms with van der Waals surface area (Å²) >= 11 is 0. The number of hydrogen-bond acceptors (Lipinski definition) is 3. The van der Waals surface area contributed by atoms with Crippen molar-refractivity contribution in [2.75, 3.05) is 39.5 Å². The lowest BCUT2D eigenvalue weighted by atomic mass is 10.0. The maximum Gasteiger partial charge on any atom is 0.188 e. The lowest BCUT2D eigenvalue weighted by molar-refractivity contribution is 0.0205. The predicted molar refractivity (Wildman–Crippen MR) is 93.8 cm³/mol. The molecule has 0 unspecified atom stereocenters. The molecule has 0 aliphatic carbocycles. The van der Waals surface area contributed by atoms with Crippen molar-refractivity contribution in [1.29, 1.82) is 0 Å². The molecule has 20 heavy (non-hydrogen) atoms. The van der Waals surface area contributed by atoms with Crippen LogP contribution in [0.4, 0.5) is 0 Å². The number of rotatable bonds is 9. The Bertz CT molecular complexity index is 247. The number of nitrogens with zero attached hydrogens (tertiary/aromatic N) is 1. The summed E-state index contributed by atoms with van der Waals surface area (Å²) in [5, 5.41) is 3.10. The molecule has 0 radical (unpaired) electrons. The fourth-order valence-electron chi connectivity index (χ4n) is 1.98. The van der Waals surface area contributed by atoms with Crippen molar-refractivity contribution in [2.45, 2.75) is 39.0 Å². The van der Waals surface area contributed by atoms with Gasteiger partial charge in [0, 0.05) is 39.5 Å². The molecular formula is C14H30IN3O2. The monoisotopic (exact) mass is 399 g/mol. The van der Waals surface area contributed by atoms with E-state index in [-0.39, 0.29) is 24.0 Å². The quantitative estimate of drug-likeness (QED) is 0.270. The van der Waals surface area contributed by atoms with Crippen LogP contribution in [0.1, 0.15) is 39.0 Å². The van der Waals surface area contributed by atoms with Gasteiger partial charge < -0.3 is 20.5 Å². The van der Waals surface area contributed by atoms with Gasteiger partial charge in [-0.05, 0) is 31.6 Å². The second-order valence-electron chi connectivity index (χ2n) is 5.03. The summed E-state index contributed by atoms with van der Waals surface area (Å²) < 4.78 is 11.0. The minimum atomic E-state index is 0. The first-order valence-corrected chi connectivity index (χ1v) is 7.52. The Morgan fingerprint density at radius 1 is 1.35 bits per heavy atom. The average molecular weight is 399 g/mol. The maximum absolute atomic E-state index is 5.73. The normalized spacial score (nSPS) is 16.8. The van der Waals surface area contributed by atoms with E-state index in [9.17, 15) is 0 Å². The van der Waals surface area contributed by atoms with Crippen LogP contribution in [0.15, 0.2) is 4.99 Å². The van der Waals surface area contributed by atoms with Crippen molar-refractivity contribution in [2.24, 2.45) is 16.6 Å². The van der Waals surface area contributed by atoms with Gasteiger partial charge in [-0.2, -0.15) is 0 Å². The van der Waals surface area contributed by atoms with Crippen molar-refractivity contribution in [3.05, 3.63) is 0 Å². The van der Waals surface area contributed by atoms with Gasteiger partial charge >= 0.3 is 0 Å². The molecule has 1 aliphatic rings. The van der Waals surface area contributed by atoms with Gasteiger partial charge in [-0.15, -0.1) is 24.0 Å². The van der Waals surface area contributed by atoms with Crippen molar-refractivity contribution in [1.82, 2.24) is 5.32 Å². The van der Waals surface area contributed by atoms with Crippen molar-refractivity contribution in [3.63, 3.8) is 0 Å². The van der Waals surface area contributed by atoms with Crippen LogP contribution in [0.5, 0.6) is 0 Å². The van der Waals surface area contributed by atoms with Gasteiger partial charge in [0.05, 0.1) is 0 Å². The number of halogens is 1. The average Bonchev–Trinajstić information content (AvgIpc) is 2.44. The molecule has 1 heterocycles. The molecule has 1 saturated heterocycles. The fourth-order valence-corrected chi connectivity index (χ4v) is 1.98. The van der Waals surface area contributed by atoms with Crippen LogP contribution in [0.2, 0.25) is 0 Å². The number of nitrogens with one attached hydrogen (secondary N) is 1. The molecule has 1 rings (SSSR count). The molecule has 6 heteroatoms. The van der Waals surface area contributed by atoms with Crippen molar-refractivity contribution in [3.8, 4) is 0 Å². The molecule has 0 amide bonds. The lowest BCUT2D eigenvalue weighted by Gasteiger charge is -2.21. The van der Waals surface area contributed by atoms with Gasteiger partial charge in [0.2, 0.25) is 0 Å². The SMILES string of the molecule is CCCCNC(N)=NCCCOCC1CCOCC1.I. The highest BCUT2D eigenvalue weighted by atomic mass is 127. The van der Waals surface area contributed by atoms with Crippen molar-refractivity contribution >= 4 is 29.9 Å². The summed E-state index contributed by atoms with van der Waals surface area (Å²) in [6.45, 7) is 7.20. The Labute approximate surface area is 140 Å².